The maximum Gasteiger partial charge on any atom is 0.302 e. The zero-order chi connectivity index (χ0) is 23.3. The van der Waals surface area contributed by atoms with Gasteiger partial charge in [0.05, 0.1) is 6.61 Å². The molecule has 182 valence electrons. The fourth-order valence-corrected chi connectivity index (χ4v) is 9.36. The van der Waals surface area contributed by atoms with Crippen molar-refractivity contribution in [1.82, 2.24) is 0 Å². The van der Waals surface area contributed by atoms with E-state index < -0.39 is 0 Å². The number of hydrogen-bond donors (Lipinski definition) is 0. The first-order chi connectivity index (χ1) is 15.1. The Balaban J connectivity index is 1.47. The number of carbonyl (C=O) groups is 1. The molecule has 0 aromatic rings. The molecule has 0 saturated heterocycles. The second-order valence-electron chi connectivity index (χ2n) is 13.2. The van der Waals surface area contributed by atoms with Crippen LogP contribution in [0.15, 0.2) is 12.2 Å². The van der Waals surface area contributed by atoms with E-state index in [0.29, 0.717) is 35.2 Å². The normalized spacial score (nSPS) is 45.4. The fourth-order valence-electron chi connectivity index (χ4n) is 9.36. The van der Waals surface area contributed by atoms with Crippen LogP contribution in [0.4, 0.5) is 0 Å². The lowest BCUT2D eigenvalue weighted by Crippen LogP contribution is -2.51. The van der Waals surface area contributed by atoms with Gasteiger partial charge in [-0.3, -0.25) is 4.79 Å². The van der Waals surface area contributed by atoms with E-state index in [1.165, 1.54) is 51.4 Å². The second kappa shape index (κ2) is 9.10. The summed E-state index contributed by atoms with van der Waals surface area (Å²) in [7, 11) is 0. The van der Waals surface area contributed by atoms with Crippen LogP contribution >= 0.6 is 0 Å². The molecular weight excluding hydrogens is 392 g/mol. The number of fused-ring (bicyclic) bond motifs is 5. The molecular formula is C30H50O2. The van der Waals surface area contributed by atoms with Gasteiger partial charge in [-0.25, -0.2) is 0 Å². The highest BCUT2D eigenvalue weighted by Gasteiger charge is 2.62. The molecule has 0 radical (unpaired) electrons. The van der Waals surface area contributed by atoms with Crippen LogP contribution in [0.25, 0.3) is 0 Å². The van der Waals surface area contributed by atoms with Gasteiger partial charge in [-0.15, -0.1) is 0 Å². The Labute approximate surface area is 198 Å². The highest BCUT2D eigenvalue weighted by molar-refractivity contribution is 5.65. The number of ether oxygens (including phenoxy) is 1. The number of esters is 1. The van der Waals surface area contributed by atoms with E-state index in [9.17, 15) is 4.79 Å². The summed E-state index contributed by atoms with van der Waals surface area (Å²) < 4.78 is 5.49. The monoisotopic (exact) mass is 442 g/mol. The molecule has 32 heavy (non-hydrogen) atoms. The molecule has 0 N–H and O–H groups in total. The standard InChI is InChI=1S/C30H50O2/c1-19(2)20(3)8-9-21(4)25-12-13-27-24-10-11-26-23(18-32-22(5)31)14-16-30(26,7)28(24)15-17-29(25,27)6/h8-9,19-21,23-28H,10-18H2,1-7H3/b9-8+/t20-,21+,23+,24-,25+,26-,27?,28?,29+,30-/m0/s1. The first-order valence-corrected chi connectivity index (χ1v) is 13.9. The van der Waals surface area contributed by atoms with Crippen LogP contribution in [0.2, 0.25) is 0 Å². The molecule has 2 nitrogen and oxygen atoms in total. The van der Waals surface area contributed by atoms with Crippen LogP contribution in [0.3, 0.4) is 0 Å². The van der Waals surface area contributed by atoms with E-state index in [2.05, 4.69) is 53.7 Å². The summed E-state index contributed by atoms with van der Waals surface area (Å²) in [6, 6.07) is 0. The van der Waals surface area contributed by atoms with Gasteiger partial charge >= 0.3 is 5.97 Å². The molecule has 4 saturated carbocycles. The molecule has 4 fully saturated rings. The molecule has 0 aliphatic heterocycles. The zero-order valence-corrected chi connectivity index (χ0v) is 22.0. The Bertz CT molecular complexity index is 710. The minimum Gasteiger partial charge on any atom is -0.466 e. The molecule has 0 aromatic carbocycles. The van der Waals surface area contributed by atoms with Crippen molar-refractivity contribution in [2.45, 2.75) is 99.8 Å². The molecule has 2 unspecified atom stereocenters. The van der Waals surface area contributed by atoms with Crippen LogP contribution in [0.1, 0.15) is 99.8 Å². The minimum absolute atomic E-state index is 0.108. The van der Waals surface area contributed by atoms with Gasteiger partial charge in [-0.2, -0.15) is 0 Å². The zero-order valence-electron chi connectivity index (χ0n) is 22.0. The molecule has 4 aliphatic rings. The van der Waals surface area contributed by atoms with Crippen LogP contribution in [-0.2, 0) is 9.53 Å². The smallest absolute Gasteiger partial charge is 0.302 e. The average molecular weight is 443 g/mol. The Kier molecular flexibility index (Phi) is 6.92. The number of rotatable bonds is 6. The molecule has 0 heterocycles. The van der Waals surface area contributed by atoms with E-state index in [-0.39, 0.29) is 5.97 Å². The highest BCUT2D eigenvalue weighted by Crippen LogP contribution is 2.69. The average Bonchev–Trinajstić information content (AvgIpc) is 3.26. The van der Waals surface area contributed by atoms with E-state index >= 15 is 0 Å². The van der Waals surface area contributed by atoms with Gasteiger partial charge in [0.2, 0.25) is 0 Å². The lowest BCUT2D eigenvalue weighted by Gasteiger charge is -2.58. The largest absolute Gasteiger partial charge is 0.466 e. The highest BCUT2D eigenvalue weighted by atomic mass is 16.5. The predicted molar refractivity (Wildman–Crippen MR) is 133 cm³/mol. The van der Waals surface area contributed by atoms with Crippen LogP contribution in [-0.4, -0.2) is 12.6 Å². The molecule has 2 heteroatoms. The molecule has 0 amide bonds. The van der Waals surface area contributed by atoms with Gasteiger partial charge in [0.25, 0.3) is 0 Å². The fraction of sp³-hybridized carbons (Fsp3) is 0.900. The van der Waals surface area contributed by atoms with E-state index in [4.69, 9.17) is 4.74 Å². The summed E-state index contributed by atoms with van der Waals surface area (Å²) in [6.45, 7) is 17.1. The molecule has 0 aromatic heterocycles. The quantitative estimate of drug-likeness (QED) is 0.308. The van der Waals surface area contributed by atoms with E-state index in [1.807, 2.05) is 0 Å². The summed E-state index contributed by atoms with van der Waals surface area (Å²) in [6.07, 6.45) is 16.2. The summed E-state index contributed by atoms with van der Waals surface area (Å²) in [4.78, 5) is 11.4. The van der Waals surface area contributed by atoms with Crippen molar-refractivity contribution in [1.29, 1.82) is 0 Å². The molecule has 0 bridgehead atoms. The number of hydrogen-bond acceptors (Lipinski definition) is 2. The maximum atomic E-state index is 11.4. The predicted octanol–water partition coefficient (Wildman–Crippen LogP) is 7.92. The van der Waals surface area contributed by atoms with Gasteiger partial charge in [-0.1, -0.05) is 53.7 Å². The first kappa shape index (κ1) is 24.3. The van der Waals surface area contributed by atoms with Crippen molar-refractivity contribution < 1.29 is 9.53 Å². The summed E-state index contributed by atoms with van der Waals surface area (Å²) in [5, 5.41) is 0. The summed E-state index contributed by atoms with van der Waals surface area (Å²) in [5.74, 6) is 6.98. The topological polar surface area (TPSA) is 26.3 Å². The van der Waals surface area contributed by atoms with Crippen molar-refractivity contribution in [3.05, 3.63) is 12.2 Å². The van der Waals surface area contributed by atoms with Gasteiger partial charge in [0, 0.05) is 6.92 Å². The van der Waals surface area contributed by atoms with Crippen molar-refractivity contribution in [3.8, 4) is 0 Å². The third-order valence-corrected chi connectivity index (χ3v) is 11.5. The van der Waals surface area contributed by atoms with E-state index in [0.717, 1.165) is 35.5 Å². The van der Waals surface area contributed by atoms with Crippen molar-refractivity contribution in [2.24, 2.45) is 64.1 Å². The lowest BCUT2D eigenvalue weighted by molar-refractivity contribution is -0.144. The van der Waals surface area contributed by atoms with Crippen LogP contribution < -0.4 is 0 Å². The minimum atomic E-state index is -0.108. The third kappa shape index (κ3) is 4.11. The number of allylic oxidation sites excluding steroid dienone is 2. The SMILES string of the molecule is CC(=O)OC[C@H]1CC[C@]2(C)C3CC[C@@]4(C)C(CC[C@@H]4[C@H](C)/C=C/[C@H](C)C(C)C)[C@@H]3CC[C@@H]12. The van der Waals surface area contributed by atoms with Gasteiger partial charge in [0.15, 0.2) is 0 Å². The Morgan fingerprint density at radius 3 is 2.22 bits per heavy atom. The Hall–Kier alpha value is -0.790. The Morgan fingerprint density at radius 2 is 1.53 bits per heavy atom. The Morgan fingerprint density at radius 1 is 0.875 bits per heavy atom. The van der Waals surface area contributed by atoms with Crippen LogP contribution in [0, 0.1) is 64.1 Å². The summed E-state index contributed by atoms with van der Waals surface area (Å²) >= 11 is 0. The molecule has 10 atom stereocenters. The van der Waals surface area contributed by atoms with Gasteiger partial charge < -0.3 is 4.74 Å². The maximum absolute atomic E-state index is 11.4. The van der Waals surface area contributed by atoms with E-state index in [1.54, 1.807) is 6.92 Å². The van der Waals surface area contributed by atoms with Gasteiger partial charge in [-0.05, 0) is 115 Å². The van der Waals surface area contributed by atoms with Crippen LogP contribution in [0.5, 0.6) is 0 Å². The molecule has 4 aliphatic carbocycles. The number of carbonyl (C=O) groups excluding carboxylic acids is 1. The van der Waals surface area contributed by atoms with Gasteiger partial charge in [0.1, 0.15) is 0 Å². The van der Waals surface area contributed by atoms with Crippen molar-refractivity contribution in [2.75, 3.05) is 6.61 Å². The van der Waals surface area contributed by atoms with Crippen molar-refractivity contribution >= 4 is 5.97 Å². The lowest BCUT2D eigenvalue weighted by atomic mass is 9.47. The van der Waals surface area contributed by atoms with Crippen molar-refractivity contribution in [3.63, 3.8) is 0 Å². The molecule has 0 spiro atoms. The first-order valence-electron chi connectivity index (χ1n) is 13.9. The summed E-state index contributed by atoms with van der Waals surface area (Å²) in [5.41, 5.74) is 1.01. The molecule has 4 rings (SSSR count). The second-order valence-corrected chi connectivity index (χ2v) is 13.2. The third-order valence-electron chi connectivity index (χ3n) is 11.5.